The Hall–Kier alpha value is -2.04. The van der Waals surface area contributed by atoms with Crippen LogP contribution in [0.1, 0.15) is 30.5 Å². The minimum Gasteiger partial charge on any atom is -0.307 e. The van der Waals surface area contributed by atoms with E-state index in [-0.39, 0.29) is 6.03 Å². The number of likely N-dealkylation sites (N-methyl/N-ethyl adjacent to an activating group) is 1. The Morgan fingerprint density at radius 2 is 1.48 bits per heavy atom. The van der Waals surface area contributed by atoms with E-state index in [1.807, 2.05) is 57.2 Å². The molecule has 0 bridgehead atoms. The number of hydrogen-bond donors (Lipinski definition) is 1. The van der Waals surface area contributed by atoms with Crippen LogP contribution in [-0.4, -0.2) is 37.1 Å². The number of rotatable bonds is 7. The van der Waals surface area contributed by atoms with Crippen molar-refractivity contribution in [1.29, 1.82) is 0 Å². The average Bonchev–Trinajstić information content (AvgIpc) is 2.63. The molecule has 0 aliphatic rings. The maximum Gasteiger partial charge on any atom is 0.326 e. The number of halogens is 1. The van der Waals surface area contributed by atoms with E-state index in [2.05, 4.69) is 24.1 Å². The van der Waals surface area contributed by atoms with Gasteiger partial charge in [-0.1, -0.05) is 55.8 Å². The van der Waals surface area contributed by atoms with Gasteiger partial charge in [0.1, 0.15) is 0 Å². The molecule has 0 aliphatic carbocycles. The number of amides is 2. The molecule has 0 unspecified atom stereocenters. The highest BCUT2D eigenvalue weighted by Gasteiger charge is 2.22. The molecule has 0 fully saturated rings. The van der Waals surface area contributed by atoms with Gasteiger partial charge in [0.05, 0.1) is 10.7 Å². The van der Waals surface area contributed by atoms with Crippen molar-refractivity contribution in [3.63, 3.8) is 0 Å². The molecule has 0 aromatic heterocycles. The number of nitrogens with one attached hydrogen (secondary N) is 1. The van der Waals surface area contributed by atoms with E-state index in [4.69, 9.17) is 11.6 Å². The van der Waals surface area contributed by atoms with E-state index in [1.54, 1.807) is 4.90 Å². The lowest BCUT2D eigenvalue weighted by Gasteiger charge is -2.29. The van der Waals surface area contributed by atoms with Crippen LogP contribution in [0.15, 0.2) is 36.4 Å². The zero-order chi connectivity index (χ0) is 20.0. The third kappa shape index (κ3) is 5.24. The first-order valence-corrected chi connectivity index (χ1v) is 9.89. The summed E-state index contributed by atoms with van der Waals surface area (Å²) in [5.41, 5.74) is 4.71. The van der Waals surface area contributed by atoms with Crippen LogP contribution < -0.4 is 10.2 Å². The molecule has 0 saturated heterocycles. The van der Waals surface area contributed by atoms with Crippen LogP contribution in [0.5, 0.6) is 0 Å². The highest BCUT2D eigenvalue weighted by atomic mass is 35.5. The van der Waals surface area contributed by atoms with Crippen LogP contribution >= 0.6 is 11.6 Å². The molecule has 4 nitrogen and oxygen atoms in total. The number of para-hydroxylation sites is 2. The van der Waals surface area contributed by atoms with Crippen molar-refractivity contribution >= 4 is 29.0 Å². The van der Waals surface area contributed by atoms with Gasteiger partial charge in [-0.3, -0.25) is 4.90 Å². The number of nitrogens with zero attached hydrogens (tertiary/aromatic N) is 2. The van der Waals surface area contributed by atoms with Crippen LogP contribution in [-0.2, 0) is 0 Å². The summed E-state index contributed by atoms with van der Waals surface area (Å²) in [7, 11) is 0. The minimum atomic E-state index is -0.157. The summed E-state index contributed by atoms with van der Waals surface area (Å²) < 4.78 is 0. The lowest BCUT2D eigenvalue weighted by atomic mass is 10.1. The summed E-state index contributed by atoms with van der Waals surface area (Å²) in [6, 6.07) is 11.6. The Kier molecular flexibility index (Phi) is 7.69. The van der Waals surface area contributed by atoms with E-state index in [1.165, 1.54) is 0 Å². The lowest BCUT2D eigenvalue weighted by Crippen LogP contribution is -2.41. The summed E-state index contributed by atoms with van der Waals surface area (Å²) in [4.78, 5) is 17.3. The second-order valence-corrected chi connectivity index (χ2v) is 7.19. The van der Waals surface area contributed by atoms with E-state index in [0.717, 1.165) is 47.7 Å². The molecule has 27 heavy (non-hydrogen) atoms. The summed E-state index contributed by atoms with van der Waals surface area (Å²) in [5, 5.41) is 3.69. The van der Waals surface area contributed by atoms with Crippen LogP contribution in [0, 0.1) is 20.8 Å². The Bertz CT molecular complexity index is 747. The van der Waals surface area contributed by atoms with Crippen molar-refractivity contribution in [2.24, 2.45) is 0 Å². The van der Waals surface area contributed by atoms with Gasteiger partial charge >= 0.3 is 6.03 Å². The van der Waals surface area contributed by atoms with E-state index < -0.39 is 0 Å². The highest BCUT2D eigenvalue weighted by Crippen LogP contribution is 2.30. The predicted octanol–water partition coefficient (Wildman–Crippen LogP) is 5.65. The van der Waals surface area contributed by atoms with Crippen LogP contribution in [0.3, 0.4) is 0 Å². The first-order valence-electron chi connectivity index (χ1n) is 9.51. The molecule has 0 saturated carbocycles. The monoisotopic (exact) mass is 387 g/mol. The summed E-state index contributed by atoms with van der Waals surface area (Å²) in [5.74, 6) is 0. The van der Waals surface area contributed by atoms with Gasteiger partial charge in [0, 0.05) is 18.8 Å². The van der Waals surface area contributed by atoms with Gasteiger partial charge in [-0.25, -0.2) is 4.79 Å². The molecular formula is C22H30ClN3O. The molecule has 0 spiro atoms. The van der Waals surface area contributed by atoms with Crippen molar-refractivity contribution in [3.8, 4) is 0 Å². The van der Waals surface area contributed by atoms with Gasteiger partial charge in [0.25, 0.3) is 0 Å². The van der Waals surface area contributed by atoms with Gasteiger partial charge in [0.2, 0.25) is 0 Å². The molecule has 0 heterocycles. The minimum absolute atomic E-state index is 0.157. The summed E-state index contributed by atoms with van der Waals surface area (Å²) in [6.45, 7) is 13.5. The van der Waals surface area contributed by atoms with Crippen LogP contribution in [0.25, 0.3) is 0 Å². The topological polar surface area (TPSA) is 35.6 Å². The first-order chi connectivity index (χ1) is 12.9. The number of urea groups is 1. The van der Waals surface area contributed by atoms with Gasteiger partial charge in [0.15, 0.2) is 0 Å². The lowest BCUT2D eigenvalue weighted by molar-refractivity contribution is 0.254. The second-order valence-electron chi connectivity index (χ2n) is 6.78. The van der Waals surface area contributed by atoms with Crippen molar-refractivity contribution in [2.75, 3.05) is 36.4 Å². The Balaban J connectivity index is 2.35. The maximum atomic E-state index is 13.2. The fraction of sp³-hybridized carbons (Fsp3) is 0.409. The molecule has 146 valence electrons. The SMILES string of the molecule is CCN(CC)CCN(C(=O)Nc1c(C)cccc1C)c1c(C)cccc1Cl. The van der Waals surface area contributed by atoms with Gasteiger partial charge in [-0.05, 0) is 56.6 Å². The zero-order valence-corrected chi connectivity index (χ0v) is 17.7. The fourth-order valence-electron chi connectivity index (χ4n) is 3.25. The van der Waals surface area contributed by atoms with Gasteiger partial charge in [-0.2, -0.15) is 0 Å². The van der Waals surface area contributed by atoms with Crippen molar-refractivity contribution in [1.82, 2.24) is 4.90 Å². The number of benzene rings is 2. The largest absolute Gasteiger partial charge is 0.326 e. The van der Waals surface area contributed by atoms with Crippen LogP contribution in [0.2, 0.25) is 5.02 Å². The maximum absolute atomic E-state index is 13.2. The summed E-state index contributed by atoms with van der Waals surface area (Å²) >= 11 is 6.48. The van der Waals surface area contributed by atoms with Crippen molar-refractivity contribution in [2.45, 2.75) is 34.6 Å². The predicted molar refractivity (Wildman–Crippen MR) is 116 cm³/mol. The Morgan fingerprint density at radius 1 is 0.926 bits per heavy atom. The molecule has 5 heteroatoms. The molecule has 0 radical (unpaired) electrons. The summed E-state index contributed by atoms with van der Waals surface area (Å²) in [6.07, 6.45) is 0. The zero-order valence-electron chi connectivity index (χ0n) is 17.0. The number of aryl methyl sites for hydroxylation is 3. The van der Waals surface area contributed by atoms with E-state index in [9.17, 15) is 4.79 Å². The molecule has 2 amide bonds. The number of anilines is 2. The molecule has 2 aromatic carbocycles. The smallest absolute Gasteiger partial charge is 0.307 e. The molecule has 2 aromatic rings. The average molecular weight is 388 g/mol. The molecule has 1 N–H and O–H groups in total. The Morgan fingerprint density at radius 3 is 2.04 bits per heavy atom. The van der Waals surface area contributed by atoms with Crippen molar-refractivity contribution < 1.29 is 4.79 Å². The standard InChI is InChI=1S/C22H30ClN3O/c1-6-25(7-2)14-15-26(21-18(5)12-9-13-19(21)23)22(27)24-20-16(3)10-8-11-17(20)4/h8-13H,6-7,14-15H2,1-5H3,(H,24,27). The Labute approximate surface area is 168 Å². The number of carbonyl (C=O) groups excluding carboxylic acids is 1. The molecular weight excluding hydrogens is 358 g/mol. The normalized spacial score (nSPS) is 10.9. The molecule has 2 rings (SSSR count). The van der Waals surface area contributed by atoms with E-state index >= 15 is 0 Å². The third-order valence-corrected chi connectivity index (χ3v) is 5.26. The first kappa shape index (κ1) is 21.3. The quantitative estimate of drug-likeness (QED) is 0.666. The van der Waals surface area contributed by atoms with Crippen LogP contribution in [0.4, 0.5) is 16.2 Å². The third-order valence-electron chi connectivity index (χ3n) is 4.95. The highest BCUT2D eigenvalue weighted by molar-refractivity contribution is 6.34. The second kappa shape index (κ2) is 9.77. The molecule has 0 aliphatic heterocycles. The van der Waals surface area contributed by atoms with Gasteiger partial charge in [-0.15, -0.1) is 0 Å². The molecule has 0 atom stereocenters. The number of carbonyl (C=O) groups is 1. The van der Waals surface area contributed by atoms with Gasteiger partial charge < -0.3 is 10.2 Å². The van der Waals surface area contributed by atoms with E-state index in [0.29, 0.717) is 11.6 Å². The number of hydrogen-bond acceptors (Lipinski definition) is 2. The van der Waals surface area contributed by atoms with Crippen molar-refractivity contribution in [3.05, 3.63) is 58.1 Å². The fourth-order valence-corrected chi connectivity index (χ4v) is 3.57.